The first-order valence-electron chi connectivity index (χ1n) is 4.92. The highest BCUT2D eigenvalue weighted by atomic mass is 79.9. The monoisotopic (exact) mass is 310 g/mol. The highest BCUT2D eigenvalue weighted by Gasteiger charge is 2.20. The SMILES string of the molecule is O=C(O)Cc1c([N+](=O)[O-])cnc2ccc(Br)cc12. The summed E-state index contributed by atoms with van der Waals surface area (Å²) in [5.74, 6) is -1.12. The van der Waals surface area contributed by atoms with Crippen molar-refractivity contribution in [3.63, 3.8) is 0 Å². The molecule has 0 bridgehead atoms. The second-order valence-electron chi connectivity index (χ2n) is 3.61. The standard InChI is InChI=1S/C11H7BrN2O4/c12-6-1-2-9-7(3-6)8(4-11(15)16)10(5-13-9)14(17)18/h1-3,5H,4H2,(H,15,16). The highest BCUT2D eigenvalue weighted by molar-refractivity contribution is 9.10. The fourth-order valence-corrected chi connectivity index (χ4v) is 2.06. The number of hydrogen-bond acceptors (Lipinski definition) is 4. The molecule has 1 heterocycles. The smallest absolute Gasteiger partial charge is 0.308 e. The van der Waals surface area contributed by atoms with Gasteiger partial charge < -0.3 is 5.11 Å². The van der Waals surface area contributed by atoms with Gasteiger partial charge >= 0.3 is 5.97 Å². The van der Waals surface area contributed by atoms with Gasteiger partial charge in [-0.15, -0.1) is 0 Å². The molecule has 1 aromatic heterocycles. The maximum absolute atomic E-state index is 10.9. The lowest BCUT2D eigenvalue weighted by Crippen LogP contribution is -2.05. The van der Waals surface area contributed by atoms with Crippen molar-refractivity contribution in [2.75, 3.05) is 0 Å². The van der Waals surface area contributed by atoms with Crippen molar-refractivity contribution in [3.8, 4) is 0 Å². The molecule has 92 valence electrons. The van der Waals surface area contributed by atoms with E-state index in [1.54, 1.807) is 18.2 Å². The first-order chi connectivity index (χ1) is 8.49. The zero-order valence-electron chi connectivity index (χ0n) is 8.96. The van der Waals surface area contributed by atoms with E-state index >= 15 is 0 Å². The van der Waals surface area contributed by atoms with Crippen molar-refractivity contribution in [2.24, 2.45) is 0 Å². The number of rotatable bonds is 3. The molecule has 0 saturated heterocycles. The summed E-state index contributed by atoms with van der Waals surface area (Å²) in [6.07, 6.45) is 0.681. The third-order valence-electron chi connectivity index (χ3n) is 2.44. The maximum atomic E-state index is 10.9. The summed E-state index contributed by atoms with van der Waals surface area (Å²) in [6.45, 7) is 0. The molecule has 0 fully saturated rings. The first kappa shape index (κ1) is 12.4. The Labute approximate surface area is 110 Å². The van der Waals surface area contributed by atoms with Gasteiger partial charge in [-0.1, -0.05) is 15.9 Å². The number of aromatic nitrogens is 1. The topological polar surface area (TPSA) is 93.3 Å². The summed E-state index contributed by atoms with van der Waals surface area (Å²) in [5.41, 5.74) is 0.418. The Morgan fingerprint density at radius 3 is 2.83 bits per heavy atom. The van der Waals surface area contributed by atoms with E-state index in [1.807, 2.05) is 0 Å². The summed E-state index contributed by atoms with van der Waals surface area (Å²) in [4.78, 5) is 25.0. The van der Waals surface area contributed by atoms with Crippen LogP contribution in [0.15, 0.2) is 28.9 Å². The van der Waals surface area contributed by atoms with Crippen LogP contribution >= 0.6 is 15.9 Å². The van der Waals surface area contributed by atoms with Crippen LogP contribution in [-0.4, -0.2) is 21.0 Å². The van der Waals surface area contributed by atoms with E-state index in [1.165, 1.54) is 0 Å². The average Bonchev–Trinajstić information content (AvgIpc) is 2.28. The summed E-state index contributed by atoms with van der Waals surface area (Å²) in [7, 11) is 0. The minimum Gasteiger partial charge on any atom is -0.481 e. The van der Waals surface area contributed by atoms with Crippen LogP contribution in [0, 0.1) is 10.1 Å². The Balaban J connectivity index is 2.78. The third-order valence-corrected chi connectivity index (χ3v) is 2.94. The number of benzene rings is 1. The van der Waals surface area contributed by atoms with E-state index < -0.39 is 17.3 Å². The van der Waals surface area contributed by atoms with Crippen LogP contribution in [0.25, 0.3) is 10.9 Å². The number of nitro groups is 1. The van der Waals surface area contributed by atoms with Gasteiger partial charge in [0.15, 0.2) is 0 Å². The number of nitrogens with zero attached hydrogens (tertiary/aromatic N) is 2. The largest absolute Gasteiger partial charge is 0.481 e. The fraction of sp³-hybridized carbons (Fsp3) is 0.0909. The molecule has 2 aromatic rings. The minimum absolute atomic E-state index is 0.166. The zero-order valence-corrected chi connectivity index (χ0v) is 10.5. The molecule has 2 rings (SSSR count). The number of fused-ring (bicyclic) bond motifs is 1. The highest BCUT2D eigenvalue weighted by Crippen LogP contribution is 2.28. The summed E-state index contributed by atoms with van der Waals surface area (Å²) >= 11 is 3.25. The molecular weight excluding hydrogens is 304 g/mol. The predicted molar refractivity (Wildman–Crippen MR) is 67.4 cm³/mol. The van der Waals surface area contributed by atoms with E-state index in [9.17, 15) is 14.9 Å². The third kappa shape index (κ3) is 2.30. The van der Waals surface area contributed by atoms with Crippen LogP contribution in [-0.2, 0) is 11.2 Å². The molecular formula is C11H7BrN2O4. The molecule has 0 radical (unpaired) electrons. The lowest BCUT2D eigenvalue weighted by atomic mass is 10.0. The number of pyridine rings is 1. The van der Waals surface area contributed by atoms with Gasteiger partial charge in [0.05, 0.1) is 22.4 Å². The zero-order chi connectivity index (χ0) is 13.3. The predicted octanol–water partition coefficient (Wildman–Crippen LogP) is 2.53. The second-order valence-corrected chi connectivity index (χ2v) is 4.53. The van der Waals surface area contributed by atoms with E-state index in [2.05, 4.69) is 20.9 Å². The van der Waals surface area contributed by atoms with Gasteiger partial charge in [-0.2, -0.15) is 0 Å². The molecule has 0 amide bonds. The first-order valence-corrected chi connectivity index (χ1v) is 5.71. The fourth-order valence-electron chi connectivity index (χ4n) is 1.70. The molecule has 0 atom stereocenters. The average molecular weight is 311 g/mol. The van der Waals surface area contributed by atoms with E-state index in [0.717, 1.165) is 6.20 Å². The van der Waals surface area contributed by atoms with E-state index in [0.29, 0.717) is 15.4 Å². The molecule has 0 spiro atoms. The van der Waals surface area contributed by atoms with Gasteiger partial charge in [-0.25, -0.2) is 4.98 Å². The summed E-state index contributed by atoms with van der Waals surface area (Å²) in [6, 6.07) is 5.05. The molecule has 0 aliphatic carbocycles. The van der Waals surface area contributed by atoms with Crippen LogP contribution < -0.4 is 0 Å². The summed E-state index contributed by atoms with van der Waals surface area (Å²) < 4.78 is 0.712. The van der Waals surface area contributed by atoms with Gasteiger partial charge in [0.2, 0.25) is 0 Å². The minimum atomic E-state index is -1.12. The molecule has 6 nitrogen and oxygen atoms in total. The van der Waals surface area contributed by atoms with Crippen molar-refractivity contribution in [1.29, 1.82) is 0 Å². The summed E-state index contributed by atoms with van der Waals surface area (Å²) in [5, 5.41) is 20.2. The lowest BCUT2D eigenvalue weighted by molar-refractivity contribution is -0.385. The van der Waals surface area contributed by atoms with E-state index in [4.69, 9.17) is 5.11 Å². The Morgan fingerprint density at radius 1 is 1.50 bits per heavy atom. The van der Waals surface area contributed by atoms with Crippen molar-refractivity contribution in [1.82, 2.24) is 4.98 Å². The second kappa shape index (κ2) is 4.69. The molecule has 1 aromatic carbocycles. The molecule has 0 aliphatic heterocycles. The molecule has 18 heavy (non-hydrogen) atoms. The molecule has 0 saturated carbocycles. The molecule has 0 unspecified atom stereocenters. The number of halogens is 1. The number of carbonyl (C=O) groups is 1. The Hall–Kier alpha value is -2.02. The Kier molecular flexibility index (Phi) is 3.24. The van der Waals surface area contributed by atoms with E-state index in [-0.39, 0.29) is 11.3 Å². The van der Waals surface area contributed by atoms with Crippen LogP contribution in [0.3, 0.4) is 0 Å². The van der Waals surface area contributed by atoms with Gasteiger partial charge in [0.25, 0.3) is 5.69 Å². The van der Waals surface area contributed by atoms with Crippen LogP contribution in [0.1, 0.15) is 5.56 Å². The quantitative estimate of drug-likeness (QED) is 0.694. The van der Waals surface area contributed by atoms with Crippen LogP contribution in [0.5, 0.6) is 0 Å². The maximum Gasteiger partial charge on any atom is 0.308 e. The number of carboxylic acid groups (broad SMARTS) is 1. The van der Waals surface area contributed by atoms with Crippen LogP contribution in [0.2, 0.25) is 0 Å². The van der Waals surface area contributed by atoms with Gasteiger partial charge in [0.1, 0.15) is 6.20 Å². The van der Waals surface area contributed by atoms with Gasteiger partial charge in [-0.05, 0) is 18.2 Å². The Bertz CT molecular complexity index is 657. The number of hydrogen-bond donors (Lipinski definition) is 1. The van der Waals surface area contributed by atoms with Crippen molar-refractivity contribution in [2.45, 2.75) is 6.42 Å². The van der Waals surface area contributed by atoms with Crippen molar-refractivity contribution in [3.05, 3.63) is 44.5 Å². The molecule has 1 N–H and O–H groups in total. The van der Waals surface area contributed by atoms with Crippen molar-refractivity contribution >= 4 is 38.5 Å². The van der Waals surface area contributed by atoms with Crippen LogP contribution in [0.4, 0.5) is 5.69 Å². The normalized spacial score (nSPS) is 10.5. The number of carboxylic acids is 1. The number of aliphatic carboxylic acids is 1. The van der Waals surface area contributed by atoms with Crippen molar-refractivity contribution < 1.29 is 14.8 Å². The van der Waals surface area contributed by atoms with Gasteiger partial charge in [0, 0.05) is 9.86 Å². The Morgan fingerprint density at radius 2 is 2.22 bits per heavy atom. The lowest BCUT2D eigenvalue weighted by Gasteiger charge is -2.05. The van der Waals surface area contributed by atoms with Gasteiger partial charge in [-0.3, -0.25) is 14.9 Å². The molecule has 7 heteroatoms. The molecule has 0 aliphatic rings.